The summed E-state index contributed by atoms with van der Waals surface area (Å²) in [6.45, 7) is 3.65. The minimum atomic E-state index is -0.989. The number of nitrogens with one attached hydrogen (secondary N) is 1. The molecule has 1 aliphatic rings. The van der Waals surface area contributed by atoms with Crippen LogP contribution in [0.2, 0.25) is 0 Å². The fourth-order valence-corrected chi connectivity index (χ4v) is 3.09. The zero-order valence-electron chi connectivity index (χ0n) is 11.4. The molecule has 2 heterocycles. The number of rotatable bonds is 4. The molecule has 0 aliphatic carbocycles. The third-order valence-electron chi connectivity index (χ3n) is 3.17. The monoisotopic (exact) mass is 294 g/mol. The van der Waals surface area contributed by atoms with Gasteiger partial charge in [0.05, 0.1) is 4.88 Å². The predicted molar refractivity (Wildman–Crippen MR) is 78.6 cm³/mol. The molecule has 1 aliphatic heterocycles. The molecule has 1 aromatic heterocycles. The molecule has 0 radical (unpaired) electrons. The van der Waals surface area contributed by atoms with Crippen LogP contribution >= 0.6 is 11.3 Å². The van der Waals surface area contributed by atoms with Gasteiger partial charge in [-0.1, -0.05) is 6.42 Å². The predicted octanol–water partition coefficient (Wildman–Crippen LogP) is 2.29. The van der Waals surface area contributed by atoms with Crippen molar-refractivity contribution in [3.8, 4) is 0 Å². The smallest absolute Gasteiger partial charge is 0.328 e. The first-order valence-corrected chi connectivity index (χ1v) is 7.45. The Morgan fingerprint density at radius 3 is 2.70 bits per heavy atom. The van der Waals surface area contributed by atoms with Crippen LogP contribution in [0.15, 0.2) is 12.1 Å². The Morgan fingerprint density at radius 2 is 2.05 bits per heavy atom. The molecule has 2 rings (SSSR count). The topological polar surface area (TPSA) is 69.6 Å². The van der Waals surface area contributed by atoms with Gasteiger partial charge in [-0.2, -0.15) is 0 Å². The fraction of sp³-hybridized carbons (Fsp3) is 0.429. The number of carboxylic acid groups (broad SMARTS) is 1. The molecule has 1 fully saturated rings. The second-order valence-corrected chi connectivity index (χ2v) is 5.90. The van der Waals surface area contributed by atoms with Crippen LogP contribution < -0.4 is 5.43 Å². The van der Waals surface area contributed by atoms with Crippen LogP contribution in [0.1, 0.15) is 39.4 Å². The number of aliphatic carboxylic acids is 1. The SMILES string of the molecule is Cc1cc(C(=O)NN2CCCCC2)sc1/C=C/C(=O)O. The largest absolute Gasteiger partial charge is 0.478 e. The van der Waals surface area contributed by atoms with Crippen LogP contribution in [0.4, 0.5) is 0 Å². The number of hydrazine groups is 1. The van der Waals surface area contributed by atoms with Crippen molar-refractivity contribution in [2.24, 2.45) is 0 Å². The average molecular weight is 294 g/mol. The van der Waals surface area contributed by atoms with E-state index in [1.54, 1.807) is 6.07 Å². The maximum absolute atomic E-state index is 12.1. The molecule has 108 valence electrons. The Bertz CT molecular complexity index is 531. The van der Waals surface area contributed by atoms with Gasteiger partial charge in [-0.05, 0) is 37.5 Å². The van der Waals surface area contributed by atoms with E-state index in [4.69, 9.17) is 5.11 Å². The van der Waals surface area contributed by atoms with E-state index in [9.17, 15) is 9.59 Å². The van der Waals surface area contributed by atoms with E-state index in [0.717, 1.165) is 42.4 Å². The van der Waals surface area contributed by atoms with Gasteiger partial charge in [-0.15, -0.1) is 11.3 Å². The van der Waals surface area contributed by atoms with Crippen LogP contribution in [0.3, 0.4) is 0 Å². The highest BCUT2D eigenvalue weighted by atomic mass is 32.1. The molecule has 1 saturated heterocycles. The van der Waals surface area contributed by atoms with Crippen molar-refractivity contribution in [3.63, 3.8) is 0 Å². The number of nitrogens with zero attached hydrogens (tertiary/aromatic N) is 1. The minimum absolute atomic E-state index is 0.116. The number of thiophene rings is 1. The Morgan fingerprint density at radius 1 is 1.35 bits per heavy atom. The Hall–Kier alpha value is -1.66. The number of carboxylic acids is 1. The normalized spacial score (nSPS) is 16.4. The van der Waals surface area contributed by atoms with Gasteiger partial charge in [0.25, 0.3) is 5.91 Å². The van der Waals surface area contributed by atoms with E-state index in [2.05, 4.69) is 5.43 Å². The van der Waals surface area contributed by atoms with Gasteiger partial charge in [0.15, 0.2) is 0 Å². The van der Waals surface area contributed by atoms with Crippen molar-refractivity contribution >= 4 is 29.3 Å². The zero-order valence-corrected chi connectivity index (χ0v) is 12.2. The molecule has 5 nitrogen and oxygen atoms in total. The van der Waals surface area contributed by atoms with Crippen molar-refractivity contribution in [1.29, 1.82) is 0 Å². The summed E-state index contributed by atoms with van der Waals surface area (Å²) in [6, 6.07) is 1.80. The molecule has 0 unspecified atom stereocenters. The molecule has 0 saturated carbocycles. The van der Waals surface area contributed by atoms with E-state index in [1.165, 1.54) is 23.8 Å². The second-order valence-electron chi connectivity index (χ2n) is 4.82. The third-order valence-corrected chi connectivity index (χ3v) is 4.37. The van der Waals surface area contributed by atoms with Gasteiger partial charge in [0.1, 0.15) is 0 Å². The lowest BCUT2D eigenvalue weighted by Crippen LogP contribution is -2.44. The first-order valence-electron chi connectivity index (χ1n) is 6.63. The summed E-state index contributed by atoms with van der Waals surface area (Å²) in [5.41, 5.74) is 3.82. The van der Waals surface area contributed by atoms with Gasteiger partial charge in [-0.25, -0.2) is 9.80 Å². The highest BCUT2D eigenvalue weighted by Gasteiger charge is 2.16. The first kappa shape index (κ1) is 14.7. The quantitative estimate of drug-likeness (QED) is 0.836. The summed E-state index contributed by atoms with van der Waals surface area (Å²) in [5, 5.41) is 10.6. The van der Waals surface area contributed by atoms with E-state index in [1.807, 2.05) is 11.9 Å². The lowest BCUT2D eigenvalue weighted by Gasteiger charge is -2.26. The summed E-state index contributed by atoms with van der Waals surface area (Å²) < 4.78 is 0. The molecular weight excluding hydrogens is 276 g/mol. The molecule has 2 N–H and O–H groups in total. The van der Waals surface area contributed by atoms with Gasteiger partial charge < -0.3 is 5.11 Å². The minimum Gasteiger partial charge on any atom is -0.478 e. The fourth-order valence-electron chi connectivity index (χ4n) is 2.12. The number of piperidine rings is 1. The van der Waals surface area contributed by atoms with Crippen LogP contribution in [0.5, 0.6) is 0 Å². The number of hydrogen-bond acceptors (Lipinski definition) is 4. The number of aryl methyl sites for hydroxylation is 1. The van der Waals surface area contributed by atoms with Crippen LogP contribution in [-0.2, 0) is 4.79 Å². The van der Waals surface area contributed by atoms with Crippen molar-refractivity contribution in [1.82, 2.24) is 10.4 Å². The van der Waals surface area contributed by atoms with Crippen molar-refractivity contribution in [3.05, 3.63) is 27.5 Å². The lowest BCUT2D eigenvalue weighted by atomic mass is 10.2. The number of hydrogen-bond donors (Lipinski definition) is 2. The molecular formula is C14H18N2O3S. The second kappa shape index (κ2) is 6.67. The van der Waals surface area contributed by atoms with E-state index >= 15 is 0 Å². The lowest BCUT2D eigenvalue weighted by molar-refractivity contribution is -0.131. The Labute approximate surface area is 121 Å². The van der Waals surface area contributed by atoms with Crippen LogP contribution in [-0.4, -0.2) is 35.1 Å². The highest BCUT2D eigenvalue weighted by molar-refractivity contribution is 7.15. The zero-order chi connectivity index (χ0) is 14.5. The van der Waals surface area contributed by atoms with Gasteiger partial charge in [0, 0.05) is 24.0 Å². The van der Waals surface area contributed by atoms with Crippen LogP contribution in [0, 0.1) is 6.92 Å². The van der Waals surface area contributed by atoms with Crippen LogP contribution in [0.25, 0.3) is 6.08 Å². The highest BCUT2D eigenvalue weighted by Crippen LogP contribution is 2.23. The van der Waals surface area contributed by atoms with Gasteiger partial charge >= 0.3 is 5.97 Å². The summed E-state index contributed by atoms with van der Waals surface area (Å²) in [5.74, 6) is -1.10. The summed E-state index contributed by atoms with van der Waals surface area (Å²) in [4.78, 5) is 24.1. The molecule has 0 bridgehead atoms. The maximum Gasteiger partial charge on any atom is 0.328 e. The number of carbonyl (C=O) groups is 2. The standard InChI is InChI=1S/C14H18N2O3S/c1-10-9-12(20-11(10)5-6-13(17)18)14(19)15-16-7-3-2-4-8-16/h5-6,9H,2-4,7-8H2,1H3,(H,15,19)(H,17,18)/b6-5+. The number of amides is 1. The molecule has 0 atom stereocenters. The van der Waals surface area contributed by atoms with Gasteiger partial charge in [-0.3, -0.25) is 10.2 Å². The summed E-state index contributed by atoms with van der Waals surface area (Å²) in [6.07, 6.45) is 6.05. The van der Waals surface area contributed by atoms with E-state index in [0.29, 0.717) is 4.88 Å². The molecule has 0 aromatic carbocycles. The molecule has 0 spiro atoms. The average Bonchev–Trinajstić information content (AvgIpc) is 2.79. The van der Waals surface area contributed by atoms with E-state index in [-0.39, 0.29) is 5.91 Å². The third kappa shape index (κ3) is 3.91. The molecule has 20 heavy (non-hydrogen) atoms. The molecule has 1 amide bonds. The number of carbonyl (C=O) groups excluding carboxylic acids is 1. The summed E-state index contributed by atoms with van der Waals surface area (Å²) >= 11 is 1.31. The van der Waals surface area contributed by atoms with E-state index < -0.39 is 5.97 Å². The van der Waals surface area contributed by atoms with Crippen molar-refractivity contribution in [2.75, 3.05) is 13.1 Å². The summed E-state index contributed by atoms with van der Waals surface area (Å²) in [7, 11) is 0. The van der Waals surface area contributed by atoms with Crippen molar-refractivity contribution in [2.45, 2.75) is 26.2 Å². The molecule has 6 heteroatoms. The Balaban J connectivity index is 2.02. The van der Waals surface area contributed by atoms with Crippen molar-refractivity contribution < 1.29 is 14.7 Å². The Kier molecular flexibility index (Phi) is 4.92. The first-order chi connectivity index (χ1) is 9.56. The van der Waals surface area contributed by atoms with Gasteiger partial charge in [0.2, 0.25) is 0 Å². The molecule has 1 aromatic rings. The maximum atomic E-state index is 12.1.